The van der Waals surface area contributed by atoms with Crippen molar-refractivity contribution < 1.29 is 13.9 Å². The lowest BCUT2D eigenvalue weighted by molar-refractivity contribution is -0.0805. The highest BCUT2D eigenvalue weighted by Crippen LogP contribution is 2.46. The van der Waals surface area contributed by atoms with Crippen LogP contribution in [0.25, 0.3) is 0 Å². The van der Waals surface area contributed by atoms with Gasteiger partial charge in [-0.1, -0.05) is 32.8 Å². The number of rotatable bonds is 7. The molecule has 1 fully saturated rings. The number of thioether (sulfide) groups is 1. The van der Waals surface area contributed by atoms with Crippen LogP contribution in [0.1, 0.15) is 45.1 Å². The van der Waals surface area contributed by atoms with Crippen molar-refractivity contribution in [1.29, 1.82) is 0 Å². The van der Waals surface area contributed by atoms with Crippen molar-refractivity contribution in [2.24, 2.45) is 5.41 Å². The second-order valence-electron chi connectivity index (χ2n) is 7.68. The van der Waals surface area contributed by atoms with Gasteiger partial charge in [-0.05, 0) is 18.9 Å². The summed E-state index contributed by atoms with van der Waals surface area (Å²) in [5, 5.41) is 16.3. The van der Waals surface area contributed by atoms with Gasteiger partial charge < -0.3 is 5.11 Å². The van der Waals surface area contributed by atoms with Crippen molar-refractivity contribution in [3.8, 4) is 0 Å². The molecule has 3 rings (SSSR count). The third-order valence-electron chi connectivity index (χ3n) is 5.34. The maximum absolute atomic E-state index is 14.6. The highest BCUT2D eigenvalue weighted by molar-refractivity contribution is 7.99. The Kier molecular flexibility index (Phi) is 5.67. The Bertz CT molecular complexity index is 732. The van der Waals surface area contributed by atoms with Gasteiger partial charge in [0.1, 0.15) is 29.9 Å². The first-order valence-electron chi connectivity index (χ1n) is 8.94. The van der Waals surface area contributed by atoms with Crippen LogP contribution in [0.3, 0.4) is 0 Å². The number of aromatic nitrogens is 3. The monoisotopic (exact) mass is 381 g/mol. The van der Waals surface area contributed by atoms with E-state index in [1.54, 1.807) is 0 Å². The molecular formula is C19H25F2N3OS. The molecule has 0 radical (unpaired) electrons. The molecule has 1 unspecified atom stereocenters. The first-order chi connectivity index (χ1) is 12.3. The summed E-state index contributed by atoms with van der Waals surface area (Å²) in [5.74, 6) is -0.737. The first kappa shape index (κ1) is 19.3. The molecule has 1 N–H and O–H groups in total. The summed E-state index contributed by atoms with van der Waals surface area (Å²) < 4.78 is 29.5. The van der Waals surface area contributed by atoms with E-state index in [0.717, 1.165) is 6.07 Å². The first-order valence-corrected chi connectivity index (χ1v) is 9.99. The number of benzene rings is 1. The smallest absolute Gasteiger partial charge is 0.137 e. The van der Waals surface area contributed by atoms with Crippen LogP contribution in [0.2, 0.25) is 0 Å². The van der Waals surface area contributed by atoms with Gasteiger partial charge in [-0.25, -0.2) is 18.4 Å². The van der Waals surface area contributed by atoms with Gasteiger partial charge in [0.05, 0.1) is 6.54 Å². The van der Waals surface area contributed by atoms with Crippen molar-refractivity contribution >= 4 is 11.8 Å². The molecule has 1 aliphatic carbocycles. The van der Waals surface area contributed by atoms with E-state index in [2.05, 4.69) is 10.1 Å². The zero-order valence-electron chi connectivity index (χ0n) is 15.2. The topological polar surface area (TPSA) is 50.9 Å². The molecule has 0 saturated heterocycles. The molecule has 4 nitrogen and oxygen atoms in total. The molecule has 0 aliphatic heterocycles. The Morgan fingerprint density at radius 3 is 2.62 bits per heavy atom. The Hall–Kier alpha value is -1.47. The second-order valence-corrected chi connectivity index (χ2v) is 8.97. The molecule has 2 aromatic rings. The fourth-order valence-corrected chi connectivity index (χ4v) is 5.10. The molecule has 0 bridgehead atoms. The lowest BCUT2D eigenvalue weighted by atomic mass is 9.71. The van der Waals surface area contributed by atoms with E-state index in [4.69, 9.17) is 0 Å². The van der Waals surface area contributed by atoms with E-state index in [0.29, 0.717) is 11.0 Å². The fourth-order valence-electron chi connectivity index (χ4n) is 3.54. The summed E-state index contributed by atoms with van der Waals surface area (Å²) in [6.45, 7) is 3.90. The van der Waals surface area contributed by atoms with Gasteiger partial charge in [-0.3, -0.25) is 0 Å². The summed E-state index contributed by atoms with van der Waals surface area (Å²) in [6, 6.07) is 3.34. The van der Waals surface area contributed by atoms with Gasteiger partial charge in [0.15, 0.2) is 0 Å². The van der Waals surface area contributed by atoms with Gasteiger partial charge in [0.2, 0.25) is 0 Å². The molecule has 0 amide bonds. The van der Waals surface area contributed by atoms with Crippen molar-refractivity contribution in [1.82, 2.24) is 14.8 Å². The van der Waals surface area contributed by atoms with Crippen LogP contribution in [0.4, 0.5) is 8.78 Å². The van der Waals surface area contributed by atoms with Crippen molar-refractivity contribution in [3.63, 3.8) is 0 Å². The van der Waals surface area contributed by atoms with Gasteiger partial charge in [0.25, 0.3) is 0 Å². The van der Waals surface area contributed by atoms with Gasteiger partial charge >= 0.3 is 0 Å². The SMILES string of the molecule is CC(C)(CSC1CCCC1)C(O)(Cn1cncn1)c1ccc(F)cc1F. The van der Waals surface area contributed by atoms with E-state index < -0.39 is 22.7 Å². The van der Waals surface area contributed by atoms with Crippen molar-refractivity contribution in [3.05, 3.63) is 48.1 Å². The summed E-state index contributed by atoms with van der Waals surface area (Å²) in [6.07, 6.45) is 7.73. The van der Waals surface area contributed by atoms with E-state index >= 15 is 0 Å². The molecule has 1 atom stereocenters. The zero-order chi connectivity index (χ0) is 18.8. The minimum atomic E-state index is -1.55. The Morgan fingerprint density at radius 1 is 1.27 bits per heavy atom. The minimum absolute atomic E-state index is 0.0494. The van der Waals surface area contributed by atoms with Crippen LogP contribution >= 0.6 is 11.8 Å². The minimum Gasteiger partial charge on any atom is -0.383 e. The third-order valence-corrected chi connectivity index (χ3v) is 7.17. The van der Waals surface area contributed by atoms with Crippen LogP contribution in [0.15, 0.2) is 30.9 Å². The number of aliphatic hydroxyl groups is 1. The summed E-state index contributed by atoms with van der Waals surface area (Å²) in [5.41, 5.74) is -2.12. The molecule has 142 valence electrons. The number of halogens is 2. The zero-order valence-corrected chi connectivity index (χ0v) is 16.0. The summed E-state index contributed by atoms with van der Waals surface area (Å²) in [7, 11) is 0. The highest BCUT2D eigenvalue weighted by atomic mass is 32.2. The van der Waals surface area contributed by atoms with Gasteiger partial charge in [-0.2, -0.15) is 16.9 Å². The average molecular weight is 381 g/mol. The molecule has 26 heavy (non-hydrogen) atoms. The van der Waals surface area contributed by atoms with Crippen LogP contribution in [-0.2, 0) is 12.1 Å². The van der Waals surface area contributed by atoms with Crippen LogP contribution in [0, 0.1) is 17.0 Å². The summed E-state index contributed by atoms with van der Waals surface area (Å²) >= 11 is 1.83. The lowest BCUT2D eigenvalue weighted by Gasteiger charge is -2.43. The molecular weight excluding hydrogens is 356 g/mol. The van der Waals surface area contributed by atoms with Gasteiger partial charge in [-0.15, -0.1) is 0 Å². The molecule has 1 heterocycles. The largest absolute Gasteiger partial charge is 0.383 e. The lowest BCUT2D eigenvalue weighted by Crippen LogP contribution is -2.48. The molecule has 7 heteroatoms. The van der Waals surface area contributed by atoms with E-state index in [1.807, 2.05) is 25.6 Å². The van der Waals surface area contributed by atoms with Crippen molar-refractivity contribution in [2.45, 2.75) is 56.9 Å². The summed E-state index contributed by atoms with van der Waals surface area (Å²) in [4.78, 5) is 3.91. The van der Waals surface area contributed by atoms with Crippen molar-refractivity contribution in [2.75, 3.05) is 5.75 Å². The normalized spacial score (nSPS) is 18.2. The Balaban J connectivity index is 1.92. The van der Waals surface area contributed by atoms with Crippen LogP contribution in [0.5, 0.6) is 0 Å². The van der Waals surface area contributed by atoms with E-state index in [9.17, 15) is 13.9 Å². The van der Waals surface area contributed by atoms with E-state index in [1.165, 1.54) is 55.2 Å². The standard InChI is InChI=1S/C19H25F2N3OS/c1-18(2,11-26-15-5-3-4-6-15)19(25,10-24-13-22-12-23-24)16-8-7-14(20)9-17(16)21/h7-9,12-13,15,25H,3-6,10-11H2,1-2H3. The predicted molar refractivity (Wildman–Crippen MR) is 98.8 cm³/mol. The molecule has 1 aromatic heterocycles. The van der Waals surface area contributed by atoms with Gasteiger partial charge in [0, 0.05) is 28.0 Å². The molecule has 0 spiro atoms. The second kappa shape index (κ2) is 7.64. The quantitative estimate of drug-likeness (QED) is 0.783. The molecule has 1 aliphatic rings. The third kappa shape index (κ3) is 3.93. The Morgan fingerprint density at radius 2 is 2.00 bits per heavy atom. The average Bonchev–Trinajstić information content (AvgIpc) is 3.26. The maximum atomic E-state index is 14.6. The molecule has 1 saturated carbocycles. The number of nitrogens with zero attached hydrogens (tertiary/aromatic N) is 3. The van der Waals surface area contributed by atoms with E-state index in [-0.39, 0.29) is 12.1 Å². The molecule has 1 aromatic carbocycles. The number of hydrogen-bond acceptors (Lipinski definition) is 4. The van der Waals surface area contributed by atoms with Crippen LogP contribution < -0.4 is 0 Å². The Labute approximate surface area is 157 Å². The predicted octanol–water partition coefficient (Wildman–Crippen LogP) is 4.15. The maximum Gasteiger partial charge on any atom is 0.137 e. The van der Waals surface area contributed by atoms with Crippen LogP contribution in [-0.4, -0.2) is 30.9 Å². The highest BCUT2D eigenvalue weighted by Gasteiger charge is 2.47. The fraction of sp³-hybridized carbons (Fsp3) is 0.579. The number of hydrogen-bond donors (Lipinski definition) is 1.